The van der Waals surface area contributed by atoms with E-state index in [9.17, 15) is 9.90 Å². The summed E-state index contributed by atoms with van der Waals surface area (Å²) in [5.41, 5.74) is 2.82. The fourth-order valence-electron chi connectivity index (χ4n) is 2.83. The lowest BCUT2D eigenvalue weighted by molar-refractivity contribution is 0.0963. The summed E-state index contributed by atoms with van der Waals surface area (Å²) in [7, 11) is 1.62. The number of hydrogen-bond acceptors (Lipinski definition) is 4. The van der Waals surface area contributed by atoms with Crippen LogP contribution in [-0.2, 0) is 6.42 Å². The van der Waals surface area contributed by atoms with Crippen molar-refractivity contribution in [3.05, 3.63) is 65.2 Å². The number of aliphatic imine (C=N–C) groups is 1. The third kappa shape index (κ3) is 10.0. The van der Waals surface area contributed by atoms with Crippen LogP contribution in [0.2, 0.25) is 0 Å². The first kappa shape index (κ1) is 26.7. The lowest BCUT2D eigenvalue weighted by Gasteiger charge is -2.14. The summed E-state index contributed by atoms with van der Waals surface area (Å²) in [4.78, 5) is 16.2. The average molecular weight is 540 g/mol. The van der Waals surface area contributed by atoms with Crippen LogP contribution in [0.1, 0.15) is 28.4 Å². The fraction of sp³-hybridized carbons (Fsp3) is 0.391. The lowest BCUT2D eigenvalue weighted by atomic mass is 10.1. The highest BCUT2D eigenvalue weighted by atomic mass is 127. The van der Waals surface area contributed by atoms with Gasteiger partial charge in [0.2, 0.25) is 0 Å². The third-order valence-electron chi connectivity index (χ3n) is 4.36. The zero-order valence-corrected chi connectivity index (χ0v) is 20.7. The van der Waals surface area contributed by atoms with E-state index in [4.69, 9.17) is 4.74 Å². The summed E-state index contributed by atoms with van der Waals surface area (Å²) in [6.07, 6.45) is 0.0408. The van der Waals surface area contributed by atoms with E-state index in [-0.39, 0.29) is 43.0 Å². The number of nitrogens with one attached hydrogen (secondary N) is 3. The molecule has 0 spiro atoms. The fourth-order valence-corrected chi connectivity index (χ4v) is 2.83. The molecule has 1 amide bonds. The van der Waals surface area contributed by atoms with Gasteiger partial charge in [0.05, 0.1) is 6.54 Å². The van der Waals surface area contributed by atoms with Crippen molar-refractivity contribution in [1.29, 1.82) is 0 Å². The molecule has 0 aromatic heterocycles. The molecule has 2 aromatic carbocycles. The number of hydrogen-bond donors (Lipinski definition) is 4. The highest BCUT2D eigenvalue weighted by Gasteiger charge is 2.07. The molecular weight excluding hydrogens is 507 g/mol. The molecule has 0 aliphatic rings. The Hall–Kier alpha value is -2.33. The number of ether oxygens (including phenoxy) is 1. The minimum absolute atomic E-state index is 0. The third-order valence-corrected chi connectivity index (χ3v) is 4.36. The second kappa shape index (κ2) is 14.6. The van der Waals surface area contributed by atoms with Gasteiger partial charge in [-0.3, -0.25) is 9.79 Å². The van der Waals surface area contributed by atoms with E-state index in [0.717, 1.165) is 23.3 Å². The largest absolute Gasteiger partial charge is 0.491 e. The Morgan fingerprint density at radius 1 is 1.16 bits per heavy atom. The number of aliphatic hydroxyl groups is 1. The van der Waals surface area contributed by atoms with Gasteiger partial charge < -0.3 is 25.8 Å². The molecular formula is C23H33IN4O3. The number of aliphatic hydroxyl groups excluding tert-OH is 1. The topological polar surface area (TPSA) is 95.0 Å². The second-order valence-corrected chi connectivity index (χ2v) is 6.96. The van der Waals surface area contributed by atoms with Crippen molar-refractivity contribution in [1.82, 2.24) is 16.0 Å². The Balaban J connectivity index is 0.00000480. The molecule has 2 aromatic rings. The standard InChI is InChI=1S/C23H32N4O3.HI/c1-4-25-23(26-12-11-18-8-6-9-19(14-18)22(29)24-3)27-15-20(28)16-30-21-10-5-7-17(2)13-21;/h5-10,13-14,20,28H,4,11-12,15-16H2,1-3H3,(H,24,29)(H2,25,26,27);1H. The molecule has 0 aliphatic heterocycles. The van der Waals surface area contributed by atoms with Gasteiger partial charge in [0.1, 0.15) is 18.5 Å². The first-order valence-corrected chi connectivity index (χ1v) is 10.2. The molecule has 1 unspecified atom stereocenters. The molecule has 1 atom stereocenters. The van der Waals surface area contributed by atoms with Crippen molar-refractivity contribution in [3.63, 3.8) is 0 Å². The summed E-state index contributed by atoms with van der Waals surface area (Å²) >= 11 is 0. The summed E-state index contributed by atoms with van der Waals surface area (Å²) in [6, 6.07) is 15.3. The van der Waals surface area contributed by atoms with E-state index in [1.807, 2.05) is 56.3 Å². The molecule has 7 nitrogen and oxygen atoms in total. The Labute approximate surface area is 201 Å². The van der Waals surface area contributed by atoms with E-state index < -0.39 is 6.10 Å². The van der Waals surface area contributed by atoms with E-state index >= 15 is 0 Å². The Morgan fingerprint density at radius 3 is 2.65 bits per heavy atom. The minimum Gasteiger partial charge on any atom is -0.491 e. The van der Waals surface area contributed by atoms with Gasteiger partial charge in [-0.1, -0.05) is 24.3 Å². The van der Waals surface area contributed by atoms with E-state index in [1.165, 1.54) is 0 Å². The molecule has 31 heavy (non-hydrogen) atoms. The van der Waals surface area contributed by atoms with Crippen molar-refractivity contribution >= 4 is 35.8 Å². The SMILES string of the molecule is CCNC(=NCC(O)COc1cccc(C)c1)NCCc1cccc(C(=O)NC)c1.I. The number of rotatable bonds is 10. The Morgan fingerprint density at radius 2 is 1.94 bits per heavy atom. The van der Waals surface area contributed by atoms with Crippen molar-refractivity contribution in [2.24, 2.45) is 4.99 Å². The van der Waals surface area contributed by atoms with Gasteiger partial charge in [0.15, 0.2) is 5.96 Å². The van der Waals surface area contributed by atoms with Crippen molar-refractivity contribution in [2.75, 3.05) is 33.3 Å². The minimum atomic E-state index is -0.704. The molecule has 0 heterocycles. The van der Waals surface area contributed by atoms with Gasteiger partial charge in [0, 0.05) is 25.7 Å². The van der Waals surface area contributed by atoms with Gasteiger partial charge in [-0.2, -0.15) is 0 Å². The van der Waals surface area contributed by atoms with E-state index in [0.29, 0.717) is 24.6 Å². The number of amides is 1. The summed E-state index contributed by atoms with van der Waals surface area (Å²) in [5, 5.41) is 19.2. The van der Waals surface area contributed by atoms with Crippen molar-refractivity contribution in [3.8, 4) is 5.75 Å². The molecule has 0 saturated carbocycles. The highest BCUT2D eigenvalue weighted by Crippen LogP contribution is 2.12. The number of guanidine groups is 1. The molecule has 0 bridgehead atoms. The van der Waals surface area contributed by atoms with Crippen LogP contribution in [-0.4, -0.2) is 56.4 Å². The summed E-state index contributed by atoms with van der Waals surface area (Å²) in [6.45, 7) is 5.76. The monoisotopic (exact) mass is 540 g/mol. The van der Waals surface area contributed by atoms with E-state index in [2.05, 4.69) is 20.9 Å². The summed E-state index contributed by atoms with van der Waals surface area (Å²) in [5.74, 6) is 1.28. The van der Waals surface area contributed by atoms with Crippen molar-refractivity contribution in [2.45, 2.75) is 26.4 Å². The molecule has 0 radical (unpaired) electrons. The number of halogens is 1. The van der Waals surface area contributed by atoms with Crippen LogP contribution in [0.25, 0.3) is 0 Å². The molecule has 2 rings (SSSR count). The number of carbonyl (C=O) groups excluding carboxylic acids is 1. The highest BCUT2D eigenvalue weighted by molar-refractivity contribution is 14.0. The molecule has 4 N–H and O–H groups in total. The molecule has 8 heteroatoms. The zero-order chi connectivity index (χ0) is 21.8. The average Bonchev–Trinajstić information content (AvgIpc) is 2.75. The van der Waals surface area contributed by atoms with Crippen LogP contribution in [0.15, 0.2) is 53.5 Å². The van der Waals surface area contributed by atoms with Crippen LogP contribution in [0.3, 0.4) is 0 Å². The van der Waals surface area contributed by atoms with Gasteiger partial charge in [-0.25, -0.2) is 0 Å². The molecule has 0 fully saturated rings. The number of nitrogens with zero attached hydrogens (tertiary/aromatic N) is 1. The zero-order valence-electron chi connectivity index (χ0n) is 18.4. The lowest BCUT2D eigenvalue weighted by Crippen LogP contribution is -2.39. The van der Waals surface area contributed by atoms with E-state index in [1.54, 1.807) is 13.1 Å². The predicted molar refractivity (Wildman–Crippen MR) is 136 cm³/mol. The quantitative estimate of drug-likeness (QED) is 0.211. The van der Waals surface area contributed by atoms with Gasteiger partial charge >= 0.3 is 0 Å². The first-order chi connectivity index (χ1) is 14.5. The van der Waals surface area contributed by atoms with Crippen LogP contribution in [0, 0.1) is 6.92 Å². The Kier molecular flexibility index (Phi) is 12.6. The van der Waals surface area contributed by atoms with Crippen LogP contribution >= 0.6 is 24.0 Å². The molecule has 170 valence electrons. The maximum absolute atomic E-state index is 11.8. The smallest absolute Gasteiger partial charge is 0.251 e. The summed E-state index contributed by atoms with van der Waals surface area (Å²) < 4.78 is 5.63. The van der Waals surface area contributed by atoms with Crippen LogP contribution in [0.5, 0.6) is 5.75 Å². The number of aryl methyl sites for hydroxylation is 1. The molecule has 0 aliphatic carbocycles. The van der Waals surface area contributed by atoms with Gasteiger partial charge in [-0.05, 0) is 55.7 Å². The van der Waals surface area contributed by atoms with Gasteiger partial charge in [-0.15, -0.1) is 24.0 Å². The Bertz CT molecular complexity index is 845. The normalized spacial score (nSPS) is 11.8. The van der Waals surface area contributed by atoms with Crippen molar-refractivity contribution < 1.29 is 14.6 Å². The number of carbonyl (C=O) groups is 1. The maximum Gasteiger partial charge on any atom is 0.251 e. The maximum atomic E-state index is 11.8. The van der Waals surface area contributed by atoms with Crippen LogP contribution < -0.4 is 20.7 Å². The van der Waals surface area contributed by atoms with Gasteiger partial charge in [0.25, 0.3) is 5.91 Å². The molecule has 0 saturated heterocycles. The number of benzene rings is 2. The first-order valence-electron chi connectivity index (χ1n) is 10.2. The second-order valence-electron chi connectivity index (χ2n) is 6.96. The predicted octanol–water partition coefficient (Wildman–Crippen LogP) is 2.51. The van der Waals surface area contributed by atoms with Crippen LogP contribution in [0.4, 0.5) is 0 Å².